The number of benzene rings is 2. The summed E-state index contributed by atoms with van der Waals surface area (Å²) >= 11 is 0. The minimum atomic E-state index is -4.13. The van der Waals surface area contributed by atoms with Crippen molar-refractivity contribution < 1.29 is 18.0 Å². The second-order valence-corrected chi connectivity index (χ2v) is 8.04. The van der Waals surface area contributed by atoms with Crippen molar-refractivity contribution in [3.8, 4) is 5.69 Å². The maximum absolute atomic E-state index is 12.6. The zero-order valence-corrected chi connectivity index (χ0v) is 16.4. The first-order valence-electron chi connectivity index (χ1n) is 8.49. The van der Waals surface area contributed by atoms with E-state index in [1.807, 2.05) is 35.9 Å². The summed E-state index contributed by atoms with van der Waals surface area (Å²) < 4.78 is 28.8. The fraction of sp³-hybridized carbons (Fsp3) is 0.150. The summed E-state index contributed by atoms with van der Waals surface area (Å²) in [6.07, 6.45) is 1.33. The predicted octanol–water partition coefficient (Wildman–Crippen LogP) is 2.81. The van der Waals surface area contributed by atoms with Gasteiger partial charge in [-0.05, 0) is 44.5 Å². The van der Waals surface area contributed by atoms with Crippen LogP contribution in [0.5, 0.6) is 0 Å². The van der Waals surface area contributed by atoms with Crippen molar-refractivity contribution in [1.29, 1.82) is 0 Å². The lowest BCUT2D eigenvalue weighted by Crippen LogP contribution is -2.31. The first-order chi connectivity index (χ1) is 13.2. The van der Waals surface area contributed by atoms with Crippen LogP contribution >= 0.6 is 0 Å². The Labute approximate surface area is 163 Å². The summed E-state index contributed by atoms with van der Waals surface area (Å²) in [5.41, 5.74) is 2.68. The van der Waals surface area contributed by atoms with Crippen molar-refractivity contribution in [3.63, 3.8) is 0 Å². The lowest BCUT2D eigenvalue weighted by atomic mass is 10.2. The Kier molecular flexibility index (Phi) is 5.15. The van der Waals surface area contributed by atoms with E-state index < -0.39 is 15.9 Å². The Morgan fingerprint density at radius 3 is 2.43 bits per heavy atom. The number of aromatic nitrogens is 2. The number of aryl methyl sites for hydroxylation is 1. The summed E-state index contributed by atoms with van der Waals surface area (Å²) in [6.45, 7) is 4.95. The number of ketones is 1. The molecular formula is C20H19N3O4S. The summed E-state index contributed by atoms with van der Waals surface area (Å²) in [7, 11) is -4.13. The molecule has 0 aliphatic carbocycles. The number of rotatable bonds is 5. The molecule has 144 valence electrons. The zero-order valence-electron chi connectivity index (χ0n) is 15.6. The van der Waals surface area contributed by atoms with Crippen molar-refractivity contribution in [3.05, 3.63) is 77.1 Å². The smallest absolute Gasteiger partial charge is 0.268 e. The summed E-state index contributed by atoms with van der Waals surface area (Å²) in [5, 5.41) is 4.22. The van der Waals surface area contributed by atoms with Gasteiger partial charge in [0, 0.05) is 5.56 Å². The fourth-order valence-corrected chi connectivity index (χ4v) is 3.81. The average Bonchev–Trinajstić information content (AvgIpc) is 3.03. The Hall–Kier alpha value is -3.26. The van der Waals surface area contributed by atoms with Gasteiger partial charge >= 0.3 is 0 Å². The molecular weight excluding hydrogens is 378 g/mol. The monoisotopic (exact) mass is 397 g/mol. The van der Waals surface area contributed by atoms with Crippen molar-refractivity contribution in [2.45, 2.75) is 25.7 Å². The lowest BCUT2D eigenvalue weighted by molar-refractivity contribution is 0.0979. The molecule has 0 aliphatic rings. The molecule has 0 saturated carbocycles. The van der Waals surface area contributed by atoms with Gasteiger partial charge in [0.05, 0.1) is 28.0 Å². The molecule has 0 saturated heterocycles. The second kappa shape index (κ2) is 7.40. The van der Waals surface area contributed by atoms with Crippen LogP contribution in [0.25, 0.3) is 5.69 Å². The van der Waals surface area contributed by atoms with Gasteiger partial charge in [-0.2, -0.15) is 5.10 Å². The molecule has 1 aromatic heterocycles. The molecule has 1 N–H and O–H groups in total. The highest BCUT2D eigenvalue weighted by Gasteiger charge is 2.23. The number of amides is 1. The highest BCUT2D eigenvalue weighted by atomic mass is 32.2. The molecule has 0 aliphatic heterocycles. The third-order valence-electron chi connectivity index (χ3n) is 4.38. The quantitative estimate of drug-likeness (QED) is 0.668. The second-order valence-electron chi connectivity index (χ2n) is 6.36. The van der Waals surface area contributed by atoms with Gasteiger partial charge in [-0.1, -0.05) is 30.3 Å². The highest BCUT2D eigenvalue weighted by molar-refractivity contribution is 7.90. The van der Waals surface area contributed by atoms with Gasteiger partial charge in [0.1, 0.15) is 0 Å². The Bertz CT molecular complexity index is 1180. The van der Waals surface area contributed by atoms with Crippen LogP contribution in [0.2, 0.25) is 0 Å². The summed E-state index contributed by atoms with van der Waals surface area (Å²) in [4.78, 5) is 23.9. The van der Waals surface area contributed by atoms with Crippen LogP contribution in [0, 0.1) is 13.8 Å². The third kappa shape index (κ3) is 3.72. The maximum Gasteiger partial charge on any atom is 0.268 e. The number of hydrogen-bond donors (Lipinski definition) is 1. The number of nitrogens with one attached hydrogen (secondary N) is 1. The van der Waals surface area contributed by atoms with Gasteiger partial charge in [0.2, 0.25) is 0 Å². The minimum absolute atomic E-state index is 0.148. The summed E-state index contributed by atoms with van der Waals surface area (Å²) in [6, 6.07) is 13.1. The topological polar surface area (TPSA) is 98.1 Å². The van der Waals surface area contributed by atoms with Gasteiger partial charge in [-0.3, -0.25) is 9.59 Å². The van der Waals surface area contributed by atoms with Crippen LogP contribution in [-0.4, -0.2) is 29.9 Å². The van der Waals surface area contributed by atoms with E-state index in [1.165, 1.54) is 37.4 Å². The van der Waals surface area contributed by atoms with Crippen molar-refractivity contribution in [1.82, 2.24) is 14.5 Å². The first-order valence-corrected chi connectivity index (χ1v) is 9.98. The van der Waals surface area contributed by atoms with Crippen LogP contribution in [0.15, 0.2) is 59.6 Å². The van der Waals surface area contributed by atoms with E-state index in [0.29, 0.717) is 5.69 Å². The van der Waals surface area contributed by atoms with E-state index in [1.54, 1.807) is 11.6 Å². The van der Waals surface area contributed by atoms with E-state index >= 15 is 0 Å². The van der Waals surface area contributed by atoms with Crippen molar-refractivity contribution in [2.75, 3.05) is 0 Å². The van der Waals surface area contributed by atoms with Gasteiger partial charge < -0.3 is 0 Å². The third-order valence-corrected chi connectivity index (χ3v) is 5.70. The van der Waals surface area contributed by atoms with Gasteiger partial charge in [-0.15, -0.1) is 0 Å². The molecule has 2 aromatic carbocycles. The molecule has 0 bridgehead atoms. The number of para-hydroxylation sites is 1. The van der Waals surface area contributed by atoms with E-state index in [4.69, 9.17) is 0 Å². The SMILES string of the molecule is CC(=O)c1cccc(S(=O)(=O)NC(=O)c2cnn(-c3ccccc3C)c2C)c1. The Morgan fingerprint density at radius 2 is 1.75 bits per heavy atom. The van der Waals surface area contributed by atoms with Crippen LogP contribution in [0.4, 0.5) is 0 Å². The number of hydrogen-bond acceptors (Lipinski definition) is 5. The molecule has 0 fully saturated rings. The molecule has 0 unspecified atom stereocenters. The molecule has 8 heteroatoms. The molecule has 1 heterocycles. The van der Waals surface area contributed by atoms with Gasteiger partial charge in [0.25, 0.3) is 15.9 Å². The zero-order chi connectivity index (χ0) is 20.5. The molecule has 3 aromatic rings. The van der Waals surface area contributed by atoms with Crippen LogP contribution < -0.4 is 4.72 Å². The normalized spacial score (nSPS) is 11.2. The average molecular weight is 397 g/mol. The molecule has 28 heavy (non-hydrogen) atoms. The lowest BCUT2D eigenvalue weighted by Gasteiger charge is -2.09. The molecule has 3 rings (SSSR count). The standard InChI is InChI=1S/C20H19N3O4S/c1-13-7-4-5-10-19(13)23-14(2)18(12-21-23)20(25)22-28(26,27)17-9-6-8-16(11-17)15(3)24/h4-12H,1-3H3,(H,22,25). The highest BCUT2D eigenvalue weighted by Crippen LogP contribution is 2.18. The number of sulfonamides is 1. The molecule has 1 amide bonds. The molecule has 0 atom stereocenters. The largest absolute Gasteiger partial charge is 0.295 e. The van der Waals surface area contributed by atoms with Crippen molar-refractivity contribution >= 4 is 21.7 Å². The maximum atomic E-state index is 12.6. The predicted molar refractivity (Wildman–Crippen MR) is 104 cm³/mol. The number of Topliss-reactive ketones (excluding diaryl/α,β-unsaturated/α-hetero) is 1. The van der Waals surface area contributed by atoms with E-state index in [-0.39, 0.29) is 21.8 Å². The van der Waals surface area contributed by atoms with Crippen LogP contribution in [0.3, 0.4) is 0 Å². The number of carbonyl (C=O) groups is 2. The molecule has 0 radical (unpaired) electrons. The van der Waals surface area contributed by atoms with Crippen LogP contribution in [-0.2, 0) is 10.0 Å². The minimum Gasteiger partial charge on any atom is -0.295 e. The Morgan fingerprint density at radius 1 is 1.04 bits per heavy atom. The van der Waals surface area contributed by atoms with Gasteiger partial charge in [0.15, 0.2) is 5.78 Å². The summed E-state index contributed by atoms with van der Waals surface area (Å²) in [5.74, 6) is -1.05. The molecule has 7 nitrogen and oxygen atoms in total. The van der Waals surface area contributed by atoms with Crippen molar-refractivity contribution in [2.24, 2.45) is 0 Å². The van der Waals surface area contributed by atoms with E-state index in [0.717, 1.165) is 11.3 Å². The Balaban J connectivity index is 1.91. The first kappa shape index (κ1) is 19.5. The van der Waals surface area contributed by atoms with E-state index in [2.05, 4.69) is 5.10 Å². The fourth-order valence-electron chi connectivity index (χ4n) is 2.79. The number of nitrogens with zero attached hydrogens (tertiary/aromatic N) is 2. The molecule has 0 spiro atoms. The van der Waals surface area contributed by atoms with E-state index in [9.17, 15) is 18.0 Å². The number of carbonyl (C=O) groups excluding carboxylic acids is 2. The van der Waals surface area contributed by atoms with Crippen LogP contribution in [0.1, 0.15) is 38.9 Å². The van der Waals surface area contributed by atoms with Gasteiger partial charge in [-0.25, -0.2) is 17.8 Å².